The number of esters is 2. The molecule has 0 fully saturated rings. The van der Waals surface area contributed by atoms with Crippen LogP contribution in [0.4, 0.5) is 26.3 Å². The largest absolute Gasteiger partial charge is 0.461 e. The maximum Gasteiger partial charge on any atom is 0.422 e. The first-order valence-corrected chi connectivity index (χ1v) is 6.15. The van der Waals surface area contributed by atoms with E-state index in [1.165, 1.54) is 6.92 Å². The van der Waals surface area contributed by atoms with Crippen molar-refractivity contribution in [3.8, 4) is 0 Å². The molecule has 0 spiro atoms. The summed E-state index contributed by atoms with van der Waals surface area (Å²) in [5, 5.41) is 9.41. The van der Waals surface area contributed by atoms with E-state index in [0.717, 1.165) is 0 Å². The molecule has 0 saturated heterocycles. The Morgan fingerprint density at radius 1 is 1.04 bits per heavy atom. The first-order valence-electron chi connectivity index (χ1n) is 6.15. The quantitative estimate of drug-likeness (QED) is 0.304. The summed E-state index contributed by atoms with van der Waals surface area (Å²) in [6.07, 6.45) is -12.3. The van der Waals surface area contributed by atoms with Gasteiger partial charge in [-0.25, -0.2) is 4.79 Å². The molecule has 2 unspecified atom stereocenters. The second kappa shape index (κ2) is 8.87. The average molecular weight is 368 g/mol. The van der Waals surface area contributed by atoms with E-state index in [9.17, 15) is 41.0 Å². The molecule has 12 heteroatoms. The molecule has 0 aliphatic heterocycles. The lowest BCUT2D eigenvalue weighted by molar-refractivity contribution is -0.238. The minimum absolute atomic E-state index is 0.150. The smallest absolute Gasteiger partial charge is 0.422 e. The van der Waals surface area contributed by atoms with Crippen molar-refractivity contribution in [2.24, 2.45) is 5.92 Å². The molecule has 0 bridgehead atoms. The molecule has 0 aromatic rings. The summed E-state index contributed by atoms with van der Waals surface area (Å²) in [7, 11) is 0. The van der Waals surface area contributed by atoms with Crippen LogP contribution in [0, 0.1) is 5.92 Å². The fourth-order valence-electron chi connectivity index (χ4n) is 1.11. The Kier molecular flexibility index (Phi) is 8.20. The number of hydrogen-bond acceptors (Lipinski definition) is 6. The molecule has 0 saturated carbocycles. The number of alkyl halides is 6. The fraction of sp³-hybridized carbons (Fsp3) is 0.667. The molecule has 24 heavy (non-hydrogen) atoms. The lowest BCUT2D eigenvalue weighted by Crippen LogP contribution is -2.39. The number of aliphatic hydroxyl groups excluding tert-OH is 1. The van der Waals surface area contributed by atoms with Gasteiger partial charge in [0.15, 0.2) is 12.9 Å². The summed E-state index contributed by atoms with van der Waals surface area (Å²) in [5.41, 5.74) is -0.150. The van der Waals surface area contributed by atoms with Gasteiger partial charge in [0.25, 0.3) is 0 Å². The molecule has 140 valence electrons. The molecule has 0 rings (SSSR count). The van der Waals surface area contributed by atoms with E-state index in [4.69, 9.17) is 0 Å². The van der Waals surface area contributed by atoms with Crippen LogP contribution in [0.25, 0.3) is 0 Å². The number of hydrogen-bond donors (Lipinski definition) is 1. The van der Waals surface area contributed by atoms with Crippen molar-refractivity contribution in [2.45, 2.75) is 25.6 Å². The van der Waals surface area contributed by atoms with Crippen LogP contribution < -0.4 is 0 Å². The van der Waals surface area contributed by atoms with E-state index in [2.05, 4.69) is 20.8 Å². The van der Waals surface area contributed by atoms with Crippen LogP contribution in [0.15, 0.2) is 12.2 Å². The van der Waals surface area contributed by atoms with Gasteiger partial charge in [-0.3, -0.25) is 4.79 Å². The van der Waals surface area contributed by atoms with Crippen molar-refractivity contribution in [3.05, 3.63) is 12.2 Å². The summed E-state index contributed by atoms with van der Waals surface area (Å²) in [5.74, 6) is -4.94. The van der Waals surface area contributed by atoms with Crippen LogP contribution in [-0.2, 0) is 23.8 Å². The zero-order valence-electron chi connectivity index (χ0n) is 12.2. The highest BCUT2D eigenvalue weighted by atomic mass is 19.4. The van der Waals surface area contributed by atoms with E-state index in [0.29, 0.717) is 0 Å². The predicted octanol–water partition coefficient (Wildman–Crippen LogP) is 1.72. The van der Waals surface area contributed by atoms with Crippen molar-refractivity contribution in [3.63, 3.8) is 0 Å². The van der Waals surface area contributed by atoms with Gasteiger partial charge in [-0.2, -0.15) is 26.3 Å². The zero-order chi connectivity index (χ0) is 19.1. The lowest BCUT2D eigenvalue weighted by Gasteiger charge is -2.22. The van der Waals surface area contributed by atoms with Crippen molar-refractivity contribution in [2.75, 3.05) is 19.8 Å². The van der Waals surface area contributed by atoms with Gasteiger partial charge in [0, 0.05) is 5.57 Å². The van der Waals surface area contributed by atoms with Gasteiger partial charge in [-0.05, 0) is 6.92 Å². The van der Waals surface area contributed by atoms with Gasteiger partial charge < -0.3 is 19.3 Å². The Morgan fingerprint density at radius 2 is 1.54 bits per heavy atom. The first-order chi connectivity index (χ1) is 10.7. The Bertz CT molecular complexity index is 458. The third kappa shape index (κ3) is 10.0. The van der Waals surface area contributed by atoms with Crippen LogP contribution in [0.2, 0.25) is 0 Å². The molecule has 6 nitrogen and oxygen atoms in total. The Labute approximate surface area is 132 Å². The van der Waals surface area contributed by atoms with Crippen molar-refractivity contribution in [1.82, 2.24) is 0 Å². The lowest BCUT2D eigenvalue weighted by atomic mass is 10.1. The molecular formula is C12H14F6O6. The molecule has 1 N–H and O–H groups in total. The van der Waals surface area contributed by atoms with E-state index < -0.39 is 56.3 Å². The Hall–Kier alpha value is -1.82. The van der Waals surface area contributed by atoms with Crippen LogP contribution in [-0.4, -0.2) is 55.5 Å². The summed E-state index contributed by atoms with van der Waals surface area (Å²) in [6.45, 7) is -0.705. The SMILES string of the molecule is C=C(C)C(=O)OCC(C(=O)OCC(F)(F)F)C(O)OCC(F)(F)F. The topological polar surface area (TPSA) is 82.1 Å². The molecule has 0 aliphatic carbocycles. The summed E-state index contributed by atoms with van der Waals surface area (Å²) < 4.78 is 84.2. The van der Waals surface area contributed by atoms with Gasteiger partial charge >= 0.3 is 24.3 Å². The Balaban J connectivity index is 4.89. The minimum Gasteiger partial charge on any atom is -0.461 e. The van der Waals surface area contributed by atoms with Crippen LogP contribution >= 0.6 is 0 Å². The molecule has 0 amide bonds. The minimum atomic E-state index is -4.90. The Morgan fingerprint density at radius 3 is 1.96 bits per heavy atom. The van der Waals surface area contributed by atoms with Crippen molar-refractivity contribution < 1.29 is 55.2 Å². The highest BCUT2D eigenvalue weighted by Crippen LogP contribution is 2.20. The molecule has 0 aliphatic rings. The predicted molar refractivity (Wildman–Crippen MR) is 64.3 cm³/mol. The molecule has 0 aromatic heterocycles. The molecular weight excluding hydrogens is 354 g/mol. The highest BCUT2D eigenvalue weighted by Gasteiger charge is 2.37. The summed E-state index contributed by atoms with van der Waals surface area (Å²) in [4.78, 5) is 22.7. The second-order valence-electron chi connectivity index (χ2n) is 4.52. The number of halogens is 6. The number of rotatable bonds is 8. The monoisotopic (exact) mass is 368 g/mol. The maximum atomic E-state index is 12.0. The van der Waals surface area contributed by atoms with Gasteiger partial charge in [-0.15, -0.1) is 0 Å². The van der Waals surface area contributed by atoms with Gasteiger partial charge in [0.1, 0.15) is 19.1 Å². The van der Waals surface area contributed by atoms with E-state index in [-0.39, 0.29) is 5.57 Å². The van der Waals surface area contributed by atoms with Gasteiger partial charge in [0.05, 0.1) is 0 Å². The second-order valence-corrected chi connectivity index (χ2v) is 4.52. The average Bonchev–Trinajstić information content (AvgIpc) is 2.41. The normalized spacial score (nSPS) is 14.7. The van der Waals surface area contributed by atoms with E-state index in [1.54, 1.807) is 0 Å². The molecule has 0 radical (unpaired) electrons. The maximum absolute atomic E-state index is 12.0. The summed E-state index contributed by atoms with van der Waals surface area (Å²) in [6, 6.07) is 0. The van der Waals surface area contributed by atoms with Gasteiger partial charge in [-0.1, -0.05) is 6.58 Å². The van der Waals surface area contributed by atoms with E-state index >= 15 is 0 Å². The van der Waals surface area contributed by atoms with E-state index in [1.807, 2.05) is 0 Å². The van der Waals surface area contributed by atoms with Crippen LogP contribution in [0.3, 0.4) is 0 Å². The third-order valence-electron chi connectivity index (χ3n) is 2.19. The molecule has 2 atom stereocenters. The number of carbonyl (C=O) groups is 2. The number of carbonyl (C=O) groups excluding carboxylic acids is 2. The summed E-state index contributed by atoms with van der Waals surface area (Å²) >= 11 is 0. The van der Waals surface area contributed by atoms with Gasteiger partial charge in [0.2, 0.25) is 0 Å². The zero-order valence-corrected chi connectivity index (χ0v) is 12.2. The number of aliphatic hydroxyl groups is 1. The molecule has 0 heterocycles. The molecule has 0 aromatic carbocycles. The standard InChI is InChI=1S/C12H14F6O6/c1-6(2)8(19)22-3-7(9(20)23-4-11(13,14)15)10(21)24-5-12(16,17)18/h7,9,20H,1,3-5H2,2H3. The van der Waals surface area contributed by atoms with Crippen LogP contribution in [0.1, 0.15) is 6.92 Å². The number of ether oxygens (including phenoxy) is 3. The van der Waals surface area contributed by atoms with Crippen LogP contribution in [0.5, 0.6) is 0 Å². The highest BCUT2D eigenvalue weighted by molar-refractivity contribution is 5.87. The van der Waals surface area contributed by atoms with Crippen molar-refractivity contribution in [1.29, 1.82) is 0 Å². The third-order valence-corrected chi connectivity index (χ3v) is 2.19. The first kappa shape index (κ1) is 22.2. The van der Waals surface area contributed by atoms with Crippen molar-refractivity contribution >= 4 is 11.9 Å². The fourth-order valence-corrected chi connectivity index (χ4v) is 1.11.